The fourth-order valence-corrected chi connectivity index (χ4v) is 5.19. The number of carbonyl (C=O) groups excluding carboxylic acids is 3. The Morgan fingerprint density at radius 2 is 2.00 bits per heavy atom. The number of thioether (sulfide) groups is 2. The molecule has 34 heavy (non-hydrogen) atoms. The molecule has 1 heterocycles. The Morgan fingerprint density at radius 3 is 2.71 bits per heavy atom. The van der Waals surface area contributed by atoms with Gasteiger partial charge in [0.1, 0.15) is 6.54 Å². The summed E-state index contributed by atoms with van der Waals surface area (Å²) in [6.07, 6.45) is 4.45. The second-order valence-corrected chi connectivity index (χ2v) is 10.2. The number of benzene rings is 2. The third-order valence-electron chi connectivity index (χ3n) is 4.61. The molecule has 1 fully saturated rings. The van der Waals surface area contributed by atoms with Gasteiger partial charge in [-0.25, -0.2) is 0 Å². The van der Waals surface area contributed by atoms with Gasteiger partial charge in [0, 0.05) is 10.6 Å². The van der Waals surface area contributed by atoms with Gasteiger partial charge in [-0.15, -0.1) is 11.8 Å². The number of nitrogens with zero attached hydrogens (tertiary/aromatic N) is 1. The third kappa shape index (κ3) is 6.70. The van der Waals surface area contributed by atoms with Crippen LogP contribution in [0, 0.1) is 3.57 Å². The first kappa shape index (κ1) is 26.4. The van der Waals surface area contributed by atoms with Crippen LogP contribution in [0.15, 0.2) is 46.2 Å². The Labute approximate surface area is 221 Å². The quantitative estimate of drug-likeness (QED) is 0.204. The van der Waals surface area contributed by atoms with Crippen LogP contribution in [0.2, 0.25) is 0 Å². The first-order valence-corrected chi connectivity index (χ1v) is 13.8. The van der Waals surface area contributed by atoms with Crippen LogP contribution in [0.5, 0.6) is 11.5 Å². The zero-order valence-corrected chi connectivity index (χ0v) is 22.8. The summed E-state index contributed by atoms with van der Waals surface area (Å²) in [7, 11) is 0. The van der Waals surface area contributed by atoms with Crippen LogP contribution in [0.25, 0.3) is 6.08 Å². The number of hydrogen-bond acceptors (Lipinski definition) is 7. The maximum atomic E-state index is 12.9. The number of ether oxygens (including phenoxy) is 2. The molecule has 0 atom stereocenters. The lowest BCUT2D eigenvalue weighted by molar-refractivity contribution is -0.127. The van der Waals surface area contributed by atoms with Crippen molar-refractivity contribution in [3.63, 3.8) is 0 Å². The van der Waals surface area contributed by atoms with Gasteiger partial charge < -0.3 is 14.8 Å². The standard InChI is InChI=1S/C24H25IN2O5S2/c1-4-9-32-22-18(25)10-15(11-19(22)31-5-2)12-20-23(29)27(24(30)34-20)14-21(28)26-16-7-6-8-17(13-16)33-3/h6-8,10-13H,4-5,9,14H2,1-3H3,(H,26,28)/b20-12-. The van der Waals surface area contributed by atoms with Crippen molar-refractivity contribution in [3.8, 4) is 11.5 Å². The molecule has 1 aliphatic rings. The van der Waals surface area contributed by atoms with Gasteiger partial charge in [-0.2, -0.15) is 0 Å². The van der Waals surface area contributed by atoms with Gasteiger partial charge in [-0.3, -0.25) is 19.3 Å². The van der Waals surface area contributed by atoms with E-state index in [9.17, 15) is 14.4 Å². The van der Waals surface area contributed by atoms with Crippen LogP contribution in [0.3, 0.4) is 0 Å². The van der Waals surface area contributed by atoms with E-state index in [0.29, 0.717) is 36.0 Å². The SMILES string of the molecule is CCCOc1c(I)cc(/C=C2\SC(=O)N(CC(=O)Nc3cccc(SC)c3)C2=O)cc1OCC. The first-order valence-electron chi connectivity index (χ1n) is 10.6. The smallest absolute Gasteiger partial charge is 0.294 e. The average Bonchev–Trinajstić information content (AvgIpc) is 3.06. The van der Waals surface area contributed by atoms with Gasteiger partial charge in [0.05, 0.1) is 21.7 Å². The summed E-state index contributed by atoms with van der Waals surface area (Å²) < 4.78 is 12.4. The molecule has 0 radical (unpaired) electrons. The van der Waals surface area contributed by atoms with Crippen molar-refractivity contribution in [2.24, 2.45) is 0 Å². The molecule has 10 heteroatoms. The third-order valence-corrected chi connectivity index (χ3v) is 7.04. The van der Waals surface area contributed by atoms with Crippen molar-refractivity contribution in [2.45, 2.75) is 25.2 Å². The highest BCUT2D eigenvalue weighted by Gasteiger charge is 2.36. The molecule has 2 aromatic carbocycles. The molecule has 3 rings (SSSR count). The maximum absolute atomic E-state index is 12.9. The molecular weight excluding hydrogens is 587 g/mol. The highest BCUT2D eigenvalue weighted by Crippen LogP contribution is 2.37. The molecule has 180 valence electrons. The number of hydrogen-bond donors (Lipinski definition) is 1. The van der Waals surface area contributed by atoms with Crippen LogP contribution in [0.4, 0.5) is 10.5 Å². The van der Waals surface area contributed by atoms with Crippen molar-refractivity contribution < 1.29 is 23.9 Å². The van der Waals surface area contributed by atoms with Crippen molar-refractivity contribution >= 4 is 74.9 Å². The van der Waals surface area contributed by atoms with Gasteiger partial charge in [-0.05, 0) is 95.9 Å². The van der Waals surface area contributed by atoms with Crippen LogP contribution < -0.4 is 14.8 Å². The molecule has 2 aromatic rings. The number of carbonyl (C=O) groups is 3. The molecule has 3 amide bonds. The monoisotopic (exact) mass is 612 g/mol. The Kier molecular flexibility index (Phi) is 9.72. The average molecular weight is 613 g/mol. The lowest BCUT2D eigenvalue weighted by Crippen LogP contribution is -2.36. The number of anilines is 1. The van der Waals surface area contributed by atoms with Gasteiger partial charge in [0.2, 0.25) is 5.91 Å². The Morgan fingerprint density at radius 1 is 1.21 bits per heavy atom. The van der Waals surface area contributed by atoms with E-state index in [1.807, 2.05) is 44.4 Å². The molecule has 0 spiro atoms. The summed E-state index contributed by atoms with van der Waals surface area (Å²) in [6.45, 7) is 4.60. The minimum Gasteiger partial charge on any atom is -0.490 e. The van der Waals surface area contributed by atoms with Crippen molar-refractivity contribution in [1.82, 2.24) is 4.90 Å². The van der Waals surface area contributed by atoms with Crippen LogP contribution in [0.1, 0.15) is 25.8 Å². The number of nitrogens with one attached hydrogen (secondary N) is 1. The van der Waals surface area contributed by atoms with Crippen LogP contribution >= 0.6 is 46.1 Å². The molecule has 0 unspecified atom stereocenters. The molecule has 0 aliphatic carbocycles. The van der Waals surface area contributed by atoms with E-state index in [1.165, 1.54) is 0 Å². The highest BCUT2D eigenvalue weighted by atomic mass is 127. The summed E-state index contributed by atoms with van der Waals surface area (Å²) in [4.78, 5) is 40.1. The van der Waals surface area contributed by atoms with Gasteiger partial charge >= 0.3 is 0 Å². The molecule has 1 N–H and O–H groups in total. The van der Waals surface area contributed by atoms with Crippen LogP contribution in [-0.4, -0.2) is 48.0 Å². The number of rotatable bonds is 10. The Hall–Kier alpha value is -2.18. The van der Waals surface area contributed by atoms with Gasteiger partial charge in [0.15, 0.2) is 11.5 Å². The lowest BCUT2D eigenvalue weighted by Gasteiger charge is -2.14. The van der Waals surface area contributed by atoms with E-state index in [1.54, 1.807) is 30.0 Å². The zero-order chi connectivity index (χ0) is 24.7. The minimum absolute atomic E-state index is 0.252. The molecule has 1 aliphatic heterocycles. The summed E-state index contributed by atoms with van der Waals surface area (Å²) in [5.41, 5.74) is 1.32. The predicted molar refractivity (Wildman–Crippen MR) is 146 cm³/mol. The van der Waals surface area contributed by atoms with Gasteiger partial charge in [-0.1, -0.05) is 13.0 Å². The maximum Gasteiger partial charge on any atom is 0.294 e. The fourth-order valence-electron chi connectivity index (χ4n) is 3.11. The Bertz CT molecular complexity index is 1120. The largest absolute Gasteiger partial charge is 0.490 e. The highest BCUT2D eigenvalue weighted by molar-refractivity contribution is 14.1. The molecule has 7 nitrogen and oxygen atoms in total. The molecule has 0 aromatic heterocycles. The molecular formula is C24H25IN2O5S2. The topological polar surface area (TPSA) is 84.9 Å². The second-order valence-electron chi connectivity index (χ2n) is 7.16. The molecule has 0 saturated carbocycles. The van der Waals surface area contributed by atoms with Crippen molar-refractivity contribution in [1.29, 1.82) is 0 Å². The van der Waals surface area contributed by atoms with Crippen molar-refractivity contribution in [2.75, 3.05) is 31.3 Å². The lowest BCUT2D eigenvalue weighted by atomic mass is 10.2. The summed E-state index contributed by atoms with van der Waals surface area (Å²) in [5, 5.41) is 2.26. The number of imide groups is 1. The summed E-state index contributed by atoms with van der Waals surface area (Å²) in [5.74, 6) is 0.312. The van der Waals surface area contributed by atoms with E-state index in [-0.39, 0.29) is 11.4 Å². The van der Waals surface area contributed by atoms with Crippen molar-refractivity contribution in [3.05, 3.63) is 50.4 Å². The predicted octanol–water partition coefficient (Wildman–Crippen LogP) is 5.88. The fraction of sp³-hybridized carbons (Fsp3) is 0.292. The van der Waals surface area contributed by atoms with E-state index < -0.39 is 17.1 Å². The summed E-state index contributed by atoms with van der Waals surface area (Å²) in [6, 6.07) is 11.0. The normalized spacial score (nSPS) is 14.6. The van der Waals surface area contributed by atoms with Gasteiger partial charge in [0.25, 0.3) is 11.1 Å². The number of amides is 3. The first-order chi connectivity index (χ1) is 16.4. The van der Waals surface area contributed by atoms with E-state index >= 15 is 0 Å². The summed E-state index contributed by atoms with van der Waals surface area (Å²) >= 11 is 4.54. The molecule has 0 bridgehead atoms. The zero-order valence-electron chi connectivity index (χ0n) is 19.1. The second kappa shape index (κ2) is 12.5. The van der Waals surface area contributed by atoms with Crippen LogP contribution in [-0.2, 0) is 9.59 Å². The molecule has 1 saturated heterocycles. The van der Waals surface area contributed by atoms with E-state index in [0.717, 1.165) is 31.5 Å². The van der Waals surface area contributed by atoms with E-state index in [2.05, 4.69) is 27.9 Å². The Balaban J connectivity index is 1.75. The number of halogens is 1. The minimum atomic E-state index is -0.498. The van der Waals surface area contributed by atoms with E-state index in [4.69, 9.17) is 9.47 Å².